The van der Waals surface area contributed by atoms with Crippen LogP contribution in [0.1, 0.15) is 24.0 Å². The zero-order valence-electron chi connectivity index (χ0n) is 28.6. The zero-order valence-corrected chi connectivity index (χ0v) is 33.1. The molecule has 0 N–H and O–H groups in total. The molecule has 1 unspecified atom stereocenters. The Balaban J connectivity index is 0.000000215. The van der Waals surface area contributed by atoms with Crippen LogP contribution in [0.25, 0.3) is 55.6 Å². The molecule has 5 aromatic carbocycles. The molecule has 0 fully saturated rings. The van der Waals surface area contributed by atoms with Gasteiger partial charge in [-0.25, -0.2) is 0 Å². The van der Waals surface area contributed by atoms with Gasteiger partial charge in [-0.05, 0) is 40.1 Å². The van der Waals surface area contributed by atoms with E-state index in [2.05, 4.69) is 138 Å². The second kappa shape index (κ2) is 15.5. The standard InChI is InChI=1S/C31H22NO.C14H16GeN.Ir/c1-21(22-10-4-2-5-11-22)24-18-19-32-28(20-24)26-15-8-16-27-30-25(23-12-6-3-7-13-23)14-9-17-29(30)33-31(26)27;1-15(2,3)13-9-10-14(16-11-13)12-7-5-4-6-8-12;/h2-14,16-21H,1H3;4-7,9-11H,1-3H3;/q2*-1;. The molecule has 1 radical (unpaired) electrons. The van der Waals surface area contributed by atoms with Crippen molar-refractivity contribution in [2.24, 2.45) is 0 Å². The molecular formula is C45H38GeIrN2O-2. The Labute approximate surface area is 311 Å². The molecule has 0 spiro atoms. The van der Waals surface area contributed by atoms with Crippen LogP contribution in [0.5, 0.6) is 0 Å². The van der Waals surface area contributed by atoms with Crippen LogP contribution in [0.4, 0.5) is 0 Å². The Morgan fingerprint density at radius 1 is 0.660 bits per heavy atom. The molecule has 0 saturated carbocycles. The van der Waals surface area contributed by atoms with Gasteiger partial charge in [0, 0.05) is 37.6 Å². The van der Waals surface area contributed by atoms with Crippen LogP contribution in [-0.2, 0) is 20.1 Å². The summed E-state index contributed by atoms with van der Waals surface area (Å²) in [7, 11) is 0. The van der Waals surface area contributed by atoms with E-state index in [0.717, 1.165) is 44.5 Å². The third-order valence-corrected chi connectivity index (χ3v) is 13.3. The molecule has 5 heteroatoms. The summed E-state index contributed by atoms with van der Waals surface area (Å²) in [5, 5.41) is 2.21. The number of pyridine rings is 2. The number of nitrogens with zero attached hydrogens (tertiary/aromatic N) is 2. The number of furan rings is 1. The van der Waals surface area contributed by atoms with Crippen LogP contribution in [0.3, 0.4) is 0 Å². The molecule has 3 heterocycles. The maximum atomic E-state index is 6.41. The van der Waals surface area contributed by atoms with Gasteiger partial charge in [-0.2, -0.15) is 0 Å². The largest absolute Gasteiger partial charge is 0 e. The maximum Gasteiger partial charge on any atom is 0 e. The summed E-state index contributed by atoms with van der Waals surface area (Å²) in [5.41, 5.74) is 10.4. The molecule has 50 heavy (non-hydrogen) atoms. The van der Waals surface area contributed by atoms with Gasteiger partial charge >= 0.3 is 99.8 Å². The molecule has 0 aliphatic heterocycles. The smallest absolute Gasteiger partial charge is 0 e. The fraction of sp³-hybridized carbons (Fsp3) is 0.111. The third kappa shape index (κ3) is 7.59. The van der Waals surface area contributed by atoms with E-state index in [1.807, 2.05) is 54.9 Å². The van der Waals surface area contributed by atoms with E-state index >= 15 is 0 Å². The van der Waals surface area contributed by atoms with Gasteiger partial charge in [-0.15, -0.1) is 18.2 Å². The van der Waals surface area contributed by atoms with Crippen molar-refractivity contribution in [2.45, 2.75) is 30.1 Å². The van der Waals surface area contributed by atoms with Gasteiger partial charge in [0.05, 0.1) is 5.58 Å². The van der Waals surface area contributed by atoms with Crippen LogP contribution >= 0.6 is 0 Å². The summed E-state index contributed by atoms with van der Waals surface area (Å²) in [4.78, 5) is 9.23. The number of benzene rings is 5. The van der Waals surface area contributed by atoms with Crippen LogP contribution in [0, 0.1) is 12.1 Å². The average molecular weight is 888 g/mol. The molecule has 249 valence electrons. The Morgan fingerprint density at radius 3 is 2.12 bits per heavy atom. The summed E-state index contributed by atoms with van der Waals surface area (Å²) >= 11 is -1.72. The van der Waals surface area contributed by atoms with E-state index in [9.17, 15) is 0 Å². The van der Waals surface area contributed by atoms with Crippen molar-refractivity contribution in [3.63, 3.8) is 0 Å². The van der Waals surface area contributed by atoms with Gasteiger partial charge in [0.1, 0.15) is 5.58 Å². The van der Waals surface area contributed by atoms with Gasteiger partial charge in [-0.1, -0.05) is 96.7 Å². The first-order valence-electron chi connectivity index (χ1n) is 16.7. The molecular weight excluding hydrogens is 849 g/mol. The van der Waals surface area contributed by atoms with Gasteiger partial charge in [0.25, 0.3) is 0 Å². The van der Waals surface area contributed by atoms with Crippen LogP contribution in [0.15, 0.2) is 156 Å². The third-order valence-electron chi connectivity index (χ3n) is 9.00. The van der Waals surface area contributed by atoms with Crippen molar-refractivity contribution in [2.75, 3.05) is 0 Å². The predicted octanol–water partition coefficient (Wildman–Crippen LogP) is 11.4. The topological polar surface area (TPSA) is 38.9 Å². The molecule has 8 rings (SSSR count). The van der Waals surface area contributed by atoms with E-state index in [4.69, 9.17) is 9.40 Å². The van der Waals surface area contributed by atoms with Gasteiger partial charge in [0.15, 0.2) is 0 Å². The number of rotatable bonds is 6. The van der Waals surface area contributed by atoms with E-state index in [1.54, 1.807) is 0 Å². The van der Waals surface area contributed by atoms with Crippen LogP contribution < -0.4 is 4.40 Å². The summed E-state index contributed by atoms with van der Waals surface area (Å²) in [6.45, 7) is 2.23. The Morgan fingerprint density at radius 2 is 1.42 bits per heavy atom. The molecule has 0 aliphatic rings. The first-order valence-corrected chi connectivity index (χ1v) is 24.1. The summed E-state index contributed by atoms with van der Waals surface area (Å²) < 4.78 is 7.86. The molecule has 1 atom stereocenters. The minimum absolute atomic E-state index is 0. The van der Waals surface area contributed by atoms with E-state index in [0.29, 0.717) is 0 Å². The van der Waals surface area contributed by atoms with Gasteiger partial charge in [-0.3, -0.25) is 0 Å². The Hall–Kier alpha value is -4.61. The summed E-state index contributed by atoms with van der Waals surface area (Å²) in [5.74, 6) is 7.41. The first kappa shape index (κ1) is 35.2. The Bertz CT molecular complexity index is 2310. The quantitative estimate of drug-likeness (QED) is 0.123. The van der Waals surface area contributed by atoms with Crippen molar-refractivity contribution < 1.29 is 24.5 Å². The number of hydrogen-bond acceptors (Lipinski definition) is 3. The SMILES string of the molecule is CC(c1ccccc1)c1ccnc(-c2[c-]ccc3c2oc2cccc(-c4ccccc4)c23)c1.[CH3][Ge]([CH3])([CH3])[c]1ccc(-c2[c-]cccc2)nc1.[Ir]. The summed E-state index contributed by atoms with van der Waals surface area (Å²) in [6, 6.07) is 54.5. The molecule has 0 aliphatic carbocycles. The molecule has 0 saturated heterocycles. The van der Waals surface area contributed by atoms with Crippen LogP contribution in [0.2, 0.25) is 17.3 Å². The van der Waals surface area contributed by atoms with E-state index < -0.39 is 13.3 Å². The van der Waals surface area contributed by atoms with Crippen molar-refractivity contribution >= 4 is 39.6 Å². The normalized spacial score (nSPS) is 11.8. The molecule has 0 bridgehead atoms. The summed E-state index contributed by atoms with van der Waals surface area (Å²) in [6.07, 6.45) is 3.92. The van der Waals surface area contributed by atoms with Gasteiger partial charge in [0.2, 0.25) is 0 Å². The fourth-order valence-corrected chi connectivity index (χ4v) is 8.35. The first-order chi connectivity index (χ1) is 23.9. The minimum atomic E-state index is -1.72. The monoisotopic (exact) mass is 889 g/mol. The fourth-order valence-electron chi connectivity index (χ4n) is 6.18. The second-order valence-corrected chi connectivity index (χ2v) is 24.0. The maximum absolute atomic E-state index is 6.41. The van der Waals surface area contributed by atoms with E-state index in [1.165, 1.54) is 26.6 Å². The van der Waals surface area contributed by atoms with Crippen molar-refractivity contribution in [3.05, 3.63) is 175 Å². The molecule has 3 aromatic heterocycles. The van der Waals surface area contributed by atoms with Crippen LogP contribution in [-0.4, -0.2) is 23.2 Å². The van der Waals surface area contributed by atoms with E-state index in [-0.39, 0.29) is 26.0 Å². The second-order valence-electron chi connectivity index (χ2n) is 13.3. The minimum Gasteiger partial charge on any atom is 0 e. The molecule has 8 aromatic rings. The van der Waals surface area contributed by atoms with Crippen molar-refractivity contribution in [1.82, 2.24) is 9.97 Å². The number of hydrogen-bond donors (Lipinski definition) is 0. The molecule has 0 amide bonds. The number of fused-ring (bicyclic) bond motifs is 3. The number of aromatic nitrogens is 2. The zero-order chi connectivity index (χ0) is 33.8. The molecule has 3 nitrogen and oxygen atoms in total. The van der Waals surface area contributed by atoms with Gasteiger partial charge < -0.3 is 9.40 Å². The predicted molar refractivity (Wildman–Crippen MR) is 207 cm³/mol. The van der Waals surface area contributed by atoms with Crippen molar-refractivity contribution in [3.8, 4) is 33.6 Å². The Kier molecular flexibility index (Phi) is 10.9. The average Bonchev–Trinajstić information content (AvgIpc) is 3.55. The van der Waals surface area contributed by atoms with Crippen molar-refractivity contribution in [1.29, 1.82) is 0 Å².